The number of hydrogen-bond acceptors (Lipinski definition) is 3. The zero-order chi connectivity index (χ0) is 10.1. The average molecular weight is 212 g/mol. The quantitative estimate of drug-likeness (QED) is 0.810. The first-order valence-electron chi connectivity index (χ1n) is 3.87. The lowest BCUT2D eigenvalue weighted by molar-refractivity contribution is -0.137. The fourth-order valence-corrected chi connectivity index (χ4v) is 1.44. The van der Waals surface area contributed by atoms with Crippen molar-refractivity contribution in [2.24, 2.45) is 0 Å². The zero-order valence-electron chi connectivity index (χ0n) is 7.01. The van der Waals surface area contributed by atoms with Gasteiger partial charge in [0.25, 0.3) is 0 Å². The van der Waals surface area contributed by atoms with Gasteiger partial charge in [0.05, 0.1) is 0 Å². The Kier molecular flexibility index (Phi) is 2.09. The molecule has 0 aliphatic heterocycles. The van der Waals surface area contributed by atoms with Gasteiger partial charge in [0.2, 0.25) is 5.28 Å². The van der Waals surface area contributed by atoms with Crippen LogP contribution in [0.3, 0.4) is 0 Å². The van der Waals surface area contributed by atoms with Crippen molar-refractivity contribution < 1.29 is 9.90 Å². The molecule has 5 nitrogen and oxygen atoms in total. The van der Waals surface area contributed by atoms with Crippen LogP contribution in [0.1, 0.15) is 0 Å². The summed E-state index contributed by atoms with van der Waals surface area (Å²) < 4.78 is 1.35. The molecule has 2 aromatic rings. The van der Waals surface area contributed by atoms with Gasteiger partial charge in [-0.3, -0.25) is 9.36 Å². The third-order valence-corrected chi connectivity index (χ3v) is 2.04. The maximum absolute atomic E-state index is 10.5. The summed E-state index contributed by atoms with van der Waals surface area (Å²) in [7, 11) is 0. The van der Waals surface area contributed by atoms with E-state index in [9.17, 15) is 4.79 Å². The molecule has 0 unspecified atom stereocenters. The van der Waals surface area contributed by atoms with E-state index in [2.05, 4.69) is 9.97 Å². The minimum Gasteiger partial charge on any atom is -0.480 e. The largest absolute Gasteiger partial charge is 0.480 e. The summed E-state index contributed by atoms with van der Waals surface area (Å²) in [4.78, 5) is 18.5. The Balaban J connectivity index is 2.62. The Labute approximate surface area is 84.0 Å². The highest BCUT2D eigenvalue weighted by molar-refractivity contribution is 6.29. The van der Waals surface area contributed by atoms with E-state index in [1.165, 1.54) is 4.57 Å². The molecule has 0 fully saturated rings. The first-order valence-corrected chi connectivity index (χ1v) is 4.25. The molecular formula is C8H6ClN3O2. The molecule has 0 aromatic carbocycles. The van der Waals surface area contributed by atoms with Crippen molar-refractivity contribution in [1.82, 2.24) is 14.5 Å². The highest BCUT2D eigenvalue weighted by Crippen LogP contribution is 2.16. The molecule has 2 aromatic heterocycles. The van der Waals surface area contributed by atoms with Crippen LogP contribution < -0.4 is 0 Å². The summed E-state index contributed by atoms with van der Waals surface area (Å²) in [6.07, 6.45) is 1.57. The monoisotopic (exact) mass is 211 g/mol. The van der Waals surface area contributed by atoms with Crippen LogP contribution in [0.15, 0.2) is 18.3 Å². The van der Waals surface area contributed by atoms with Gasteiger partial charge >= 0.3 is 5.97 Å². The summed E-state index contributed by atoms with van der Waals surface area (Å²) in [5, 5.41) is 8.77. The summed E-state index contributed by atoms with van der Waals surface area (Å²) in [5.41, 5.74) is 1.08. The van der Waals surface area contributed by atoms with Crippen LogP contribution >= 0.6 is 11.6 Å². The summed E-state index contributed by atoms with van der Waals surface area (Å²) >= 11 is 5.76. The summed E-state index contributed by atoms with van der Waals surface area (Å²) in [6.45, 7) is -0.230. The Morgan fingerprint density at radius 3 is 3.14 bits per heavy atom. The molecule has 0 saturated heterocycles. The SMILES string of the molecule is O=C(O)Cn1c(Cl)nc2cccnc21. The predicted molar refractivity (Wildman–Crippen MR) is 50.2 cm³/mol. The first-order chi connectivity index (χ1) is 6.68. The number of pyridine rings is 1. The van der Waals surface area contributed by atoms with Gasteiger partial charge in [0, 0.05) is 6.20 Å². The van der Waals surface area contributed by atoms with E-state index in [-0.39, 0.29) is 11.8 Å². The van der Waals surface area contributed by atoms with Crippen molar-refractivity contribution in [1.29, 1.82) is 0 Å². The Bertz CT molecular complexity index is 494. The Morgan fingerprint density at radius 2 is 2.43 bits per heavy atom. The van der Waals surface area contributed by atoms with E-state index in [0.29, 0.717) is 11.2 Å². The maximum Gasteiger partial charge on any atom is 0.323 e. The van der Waals surface area contributed by atoms with Crippen molar-refractivity contribution in [2.45, 2.75) is 6.54 Å². The summed E-state index contributed by atoms with van der Waals surface area (Å²) in [6, 6.07) is 3.45. The summed E-state index contributed by atoms with van der Waals surface area (Å²) in [5.74, 6) is -0.975. The van der Waals surface area contributed by atoms with Crippen LogP contribution in [-0.2, 0) is 11.3 Å². The molecule has 0 amide bonds. The Hall–Kier alpha value is -1.62. The molecule has 0 radical (unpaired) electrons. The highest BCUT2D eigenvalue weighted by atomic mass is 35.5. The number of fused-ring (bicyclic) bond motifs is 1. The van der Waals surface area contributed by atoms with Crippen molar-refractivity contribution >= 4 is 28.7 Å². The van der Waals surface area contributed by atoms with Crippen LogP contribution in [0.5, 0.6) is 0 Å². The second-order valence-corrected chi connectivity index (χ2v) is 3.04. The van der Waals surface area contributed by atoms with Gasteiger partial charge < -0.3 is 5.11 Å². The number of halogens is 1. The van der Waals surface area contributed by atoms with Crippen molar-refractivity contribution in [3.05, 3.63) is 23.6 Å². The lowest BCUT2D eigenvalue weighted by Gasteiger charge is -1.99. The van der Waals surface area contributed by atoms with E-state index in [4.69, 9.17) is 16.7 Å². The van der Waals surface area contributed by atoms with Crippen LogP contribution in [0.25, 0.3) is 11.2 Å². The lowest BCUT2D eigenvalue weighted by atomic mass is 10.4. The third-order valence-electron chi connectivity index (χ3n) is 1.75. The highest BCUT2D eigenvalue weighted by Gasteiger charge is 2.11. The minimum absolute atomic E-state index is 0.140. The normalized spacial score (nSPS) is 10.6. The maximum atomic E-state index is 10.5. The molecule has 0 spiro atoms. The molecule has 72 valence electrons. The average Bonchev–Trinajstić information content (AvgIpc) is 2.43. The van der Waals surface area contributed by atoms with Gasteiger partial charge in [-0.05, 0) is 23.7 Å². The molecule has 2 rings (SSSR count). The second-order valence-electron chi connectivity index (χ2n) is 2.71. The Morgan fingerprint density at radius 1 is 1.64 bits per heavy atom. The number of aliphatic carboxylic acids is 1. The van der Waals surface area contributed by atoms with E-state index < -0.39 is 5.97 Å². The van der Waals surface area contributed by atoms with Gasteiger partial charge in [-0.25, -0.2) is 9.97 Å². The van der Waals surface area contributed by atoms with Gasteiger partial charge in [-0.2, -0.15) is 0 Å². The smallest absolute Gasteiger partial charge is 0.323 e. The zero-order valence-corrected chi connectivity index (χ0v) is 7.77. The predicted octanol–water partition coefficient (Wildman–Crippen LogP) is 1.17. The van der Waals surface area contributed by atoms with Gasteiger partial charge in [0.1, 0.15) is 12.1 Å². The molecule has 6 heteroatoms. The van der Waals surface area contributed by atoms with Gasteiger partial charge in [0.15, 0.2) is 5.65 Å². The number of hydrogen-bond donors (Lipinski definition) is 1. The number of aromatic nitrogens is 3. The number of carboxylic acid groups (broad SMARTS) is 1. The van der Waals surface area contributed by atoms with Crippen LogP contribution in [0, 0.1) is 0 Å². The van der Waals surface area contributed by atoms with Gasteiger partial charge in [-0.1, -0.05) is 0 Å². The molecule has 0 saturated carbocycles. The van der Waals surface area contributed by atoms with Crippen LogP contribution in [0.4, 0.5) is 0 Å². The van der Waals surface area contributed by atoms with E-state index >= 15 is 0 Å². The number of imidazole rings is 1. The second kappa shape index (κ2) is 3.26. The fourth-order valence-electron chi connectivity index (χ4n) is 1.21. The third kappa shape index (κ3) is 1.42. The molecule has 14 heavy (non-hydrogen) atoms. The molecule has 0 atom stereocenters. The minimum atomic E-state index is -0.975. The number of rotatable bonds is 2. The lowest BCUT2D eigenvalue weighted by Crippen LogP contribution is -2.09. The van der Waals surface area contributed by atoms with E-state index in [1.807, 2.05) is 0 Å². The first kappa shape index (κ1) is 8.96. The van der Waals surface area contributed by atoms with E-state index in [0.717, 1.165) is 0 Å². The topological polar surface area (TPSA) is 68.0 Å². The van der Waals surface area contributed by atoms with Crippen LogP contribution in [-0.4, -0.2) is 25.6 Å². The van der Waals surface area contributed by atoms with Crippen molar-refractivity contribution in [3.8, 4) is 0 Å². The van der Waals surface area contributed by atoms with Crippen LogP contribution in [0.2, 0.25) is 5.28 Å². The number of nitrogens with zero attached hydrogens (tertiary/aromatic N) is 3. The fraction of sp³-hybridized carbons (Fsp3) is 0.125. The van der Waals surface area contributed by atoms with Gasteiger partial charge in [-0.15, -0.1) is 0 Å². The molecule has 2 heterocycles. The molecule has 0 aliphatic carbocycles. The molecule has 1 N–H and O–H groups in total. The molecule has 0 bridgehead atoms. The number of carbonyl (C=O) groups is 1. The standard InChI is InChI=1S/C8H6ClN3O2/c9-8-11-5-2-1-3-10-7(5)12(8)4-6(13)14/h1-3H,4H2,(H,13,14). The van der Waals surface area contributed by atoms with E-state index in [1.54, 1.807) is 18.3 Å². The van der Waals surface area contributed by atoms with Crippen molar-refractivity contribution in [3.63, 3.8) is 0 Å². The molecular weight excluding hydrogens is 206 g/mol. The molecule has 0 aliphatic rings. The number of carboxylic acids is 1. The van der Waals surface area contributed by atoms with Crippen molar-refractivity contribution in [2.75, 3.05) is 0 Å².